The molecule has 2 heterocycles. The lowest BCUT2D eigenvalue weighted by atomic mass is 10.1. The number of aromatic nitrogens is 1. The highest BCUT2D eigenvalue weighted by atomic mass is 32.2. The fourth-order valence-electron chi connectivity index (χ4n) is 2.93. The van der Waals surface area contributed by atoms with Gasteiger partial charge in [-0.3, -0.25) is 9.10 Å². The van der Waals surface area contributed by atoms with E-state index in [1.807, 2.05) is 35.2 Å². The summed E-state index contributed by atoms with van der Waals surface area (Å²) in [7, 11) is -1.84. The Morgan fingerprint density at radius 3 is 2.37 bits per heavy atom. The highest BCUT2D eigenvalue weighted by Crippen LogP contribution is 2.21. The summed E-state index contributed by atoms with van der Waals surface area (Å²) in [4.78, 5) is 18.5. The minimum atomic E-state index is -3.32. The third kappa shape index (κ3) is 4.77. The molecule has 1 aromatic carbocycles. The predicted octanol–water partition coefficient (Wildman–Crippen LogP) is 2.16. The first kappa shape index (κ1) is 19.2. The number of hydrogen-bond acceptors (Lipinski definition) is 5. The second kappa shape index (κ2) is 7.96. The Morgan fingerprint density at radius 1 is 1.15 bits per heavy atom. The molecule has 0 unspecified atom stereocenters. The molecule has 7 nitrogen and oxygen atoms in total. The van der Waals surface area contributed by atoms with Gasteiger partial charge in [-0.1, -0.05) is 18.2 Å². The number of rotatable bonds is 5. The number of ether oxygens (including phenoxy) is 1. The van der Waals surface area contributed by atoms with Crippen LogP contribution < -0.4 is 9.04 Å². The molecule has 1 aliphatic heterocycles. The summed E-state index contributed by atoms with van der Waals surface area (Å²) in [5.41, 5.74) is 1.18. The van der Waals surface area contributed by atoms with E-state index in [0.717, 1.165) is 23.4 Å². The molecular formula is C19H23N3O4S. The number of anilines is 1. The third-order valence-electron chi connectivity index (χ3n) is 4.62. The number of carbonyl (C=O) groups excluding carboxylic acids is 1. The molecule has 8 heteroatoms. The molecule has 0 aliphatic carbocycles. The fraction of sp³-hybridized carbons (Fsp3) is 0.368. The van der Waals surface area contributed by atoms with Crippen molar-refractivity contribution < 1.29 is 17.9 Å². The van der Waals surface area contributed by atoms with Gasteiger partial charge in [0.1, 0.15) is 6.10 Å². The lowest BCUT2D eigenvalue weighted by molar-refractivity contribution is 0.0588. The Labute approximate surface area is 159 Å². The van der Waals surface area contributed by atoms with Crippen molar-refractivity contribution in [2.45, 2.75) is 18.9 Å². The van der Waals surface area contributed by atoms with E-state index in [9.17, 15) is 13.2 Å². The summed E-state index contributed by atoms with van der Waals surface area (Å²) < 4.78 is 30.2. The van der Waals surface area contributed by atoms with Crippen molar-refractivity contribution in [3.63, 3.8) is 0 Å². The first-order chi connectivity index (χ1) is 12.8. The minimum absolute atomic E-state index is 0.0178. The van der Waals surface area contributed by atoms with Gasteiger partial charge >= 0.3 is 0 Å². The molecule has 1 saturated heterocycles. The summed E-state index contributed by atoms with van der Waals surface area (Å²) in [6, 6.07) is 12.6. The molecule has 0 radical (unpaired) electrons. The third-order valence-corrected chi connectivity index (χ3v) is 5.82. The summed E-state index contributed by atoms with van der Waals surface area (Å²) in [5.74, 6) is 0.494. The maximum Gasteiger partial charge on any atom is 0.253 e. The molecule has 0 spiro atoms. The Kier molecular flexibility index (Phi) is 5.65. The quantitative estimate of drug-likeness (QED) is 0.783. The van der Waals surface area contributed by atoms with Crippen LogP contribution in [0.1, 0.15) is 23.2 Å². The maximum absolute atomic E-state index is 12.5. The lowest BCUT2D eigenvalue weighted by Crippen LogP contribution is -2.41. The monoisotopic (exact) mass is 389 g/mol. The van der Waals surface area contributed by atoms with Crippen LogP contribution in [0.4, 0.5) is 5.69 Å². The van der Waals surface area contributed by atoms with E-state index in [0.29, 0.717) is 30.2 Å². The van der Waals surface area contributed by atoms with Crippen LogP contribution >= 0.6 is 0 Å². The lowest BCUT2D eigenvalue weighted by Gasteiger charge is -2.32. The molecule has 1 aromatic heterocycles. The van der Waals surface area contributed by atoms with Gasteiger partial charge < -0.3 is 9.64 Å². The second-order valence-corrected chi connectivity index (χ2v) is 8.57. The molecule has 1 amide bonds. The number of benzene rings is 1. The highest BCUT2D eigenvalue weighted by Gasteiger charge is 2.25. The van der Waals surface area contributed by atoms with Gasteiger partial charge in [0.25, 0.3) is 5.91 Å². The topological polar surface area (TPSA) is 79.8 Å². The average molecular weight is 389 g/mol. The number of hydrogen-bond donors (Lipinski definition) is 0. The smallest absolute Gasteiger partial charge is 0.253 e. The van der Waals surface area contributed by atoms with Crippen LogP contribution in [0.3, 0.4) is 0 Å². The van der Waals surface area contributed by atoms with Crippen molar-refractivity contribution >= 4 is 21.6 Å². The van der Waals surface area contributed by atoms with Gasteiger partial charge in [-0.15, -0.1) is 0 Å². The van der Waals surface area contributed by atoms with Crippen molar-refractivity contribution in [1.82, 2.24) is 9.88 Å². The molecule has 144 valence electrons. The standard InChI is InChI=1S/C19H23N3O4S/c1-21(27(2,24)25)16-8-9-18(20-14-16)26-17-10-12-22(13-11-17)19(23)15-6-4-3-5-7-15/h3-9,14,17H,10-13H2,1-2H3. The van der Waals surface area contributed by atoms with Gasteiger partial charge in [-0.2, -0.15) is 0 Å². The zero-order valence-corrected chi connectivity index (χ0v) is 16.2. The van der Waals surface area contributed by atoms with Crippen LogP contribution in [-0.2, 0) is 10.0 Å². The molecule has 0 atom stereocenters. The van der Waals surface area contributed by atoms with Crippen LogP contribution in [0.5, 0.6) is 5.88 Å². The van der Waals surface area contributed by atoms with Gasteiger partial charge in [0.15, 0.2) is 0 Å². The van der Waals surface area contributed by atoms with Crippen LogP contribution in [0.15, 0.2) is 48.7 Å². The first-order valence-corrected chi connectivity index (χ1v) is 10.6. The zero-order chi connectivity index (χ0) is 19.4. The predicted molar refractivity (Wildman–Crippen MR) is 103 cm³/mol. The summed E-state index contributed by atoms with van der Waals surface area (Å²) in [5, 5.41) is 0. The molecule has 0 bridgehead atoms. The van der Waals surface area contributed by atoms with E-state index in [-0.39, 0.29) is 12.0 Å². The van der Waals surface area contributed by atoms with E-state index in [1.165, 1.54) is 13.2 Å². The molecule has 3 rings (SSSR count). The van der Waals surface area contributed by atoms with Crippen LogP contribution in [-0.4, -0.2) is 56.7 Å². The Balaban J connectivity index is 1.54. The fourth-order valence-corrected chi connectivity index (χ4v) is 3.42. The number of pyridine rings is 1. The van der Waals surface area contributed by atoms with Crippen molar-refractivity contribution in [2.24, 2.45) is 0 Å². The number of piperidine rings is 1. The Morgan fingerprint density at radius 2 is 1.81 bits per heavy atom. The van der Waals surface area contributed by atoms with Crippen molar-refractivity contribution in [3.05, 3.63) is 54.2 Å². The van der Waals surface area contributed by atoms with Crippen LogP contribution in [0.25, 0.3) is 0 Å². The summed E-state index contributed by atoms with van der Waals surface area (Å²) in [6.45, 7) is 1.26. The Hall–Kier alpha value is -2.61. The number of amides is 1. The van der Waals surface area contributed by atoms with Gasteiger partial charge in [0.2, 0.25) is 15.9 Å². The van der Waals surface area contributed by atoms with E-state index in [1.54, 1.807) is 12.1 Å². The van der Waals surface area contributed by atoms with E-state index < -0.39 is 10.0 Å². The van der Waals surface area contributed by atoms with Crippen LogP contribution in [0.2, 0.25) is 0 Å². The number of likely N-dealkylation sites (tertiary alicyclic amines) is 1. The van der Waals surface area contributed by atoms with Crippen LogP contribution in [0, 0.1) is 0 Å². The summed E-state index contributed by atoms with van der Waals surface area (Å²) in [6.07, 6.45) is 4.05. The Bertz CT molecular complexity index is 877. The van der Waals surface area contributed by atoms with E-state index in [2.05, 4.69) is 4.98 Å². The largest absolute Gasteiger partial charge is 0.474 e. The SMILES string of the molecule is CN(c1ccc(OC2CCN(C(=O)c3ccccc3)CC2)nc1)S(C)(=O)=O. The average Bonchev–Trinajstić information content (AvgIpc) is 2.68. The van der Waals surface area contributed by atoms with E-state index >= 15 is 0 Å². The van der Waals surface area contributed by atoms with Gasteiger partial charge in [-0.05, 0) is 18.2 Å². The highest BCUT2D eigenvalue weighted by molar-refractivity contribution is 7.92. The van der Waals surface area contributed by atoms with Gasteiger partial charge in [-0.25, -0.2) is 13.4 Å². The number of nitrogens with zero attached hydrogens (tertiary/aromatic N) is 3. The molecule has 0 N–H and O–H groups in total. The van der Waals surface area contributed by atoms with E-state index in [4.69, 9.17) is 4.74 Å². The molecule has 2 aromatic rings. The second-order valence-electron chi connectivity index (χ2n) is 6.56. The molecule has 1 fully saturated rings. The summed E-state index contributed by atoms with van der Waals surface area (Å²) >= 11 is 0. The maximum atomic E-state index is 12.5. The zero-order valence-electron chi connectivity index (χ0n) is 15.4. The first-order valence-electron chi connectivity index (χ1n) is 8.75. The van der Waals surface area contributed by atoms with Gasteiger partial charge in [0.05, 0.1) is 18.1 Å². The number of sulfonamides is 1. The van der Waals surface area contributed by atoms with Gasteiger partial charge in [0, 0.05) is 44.6 Å². The van der Waals surface area contributed by atoms with Crippen molar-refractivity contribution in [2.75, 3.05) is 30.7 Å². The van der Waals surface area contributed by atoms with Crippen molar-refractivity contribution in [3.8, 4) is 5.88 Å². The van der Waals surface area contributed by atoms with Crippen molar-refractivity contribution in [1.29, 1.82) is 0 Å². The molecule has 1 aliphatic rings. The minimum Gasteiger partial charge on any atom is -0.474 e. The normalized spacial score (nSPS) is 15.4. The molecular weight excluding hydrogens is 366 g/mol. The number of carbonyl (C=O) groups is 1. The molecule has 0 saturated carbocycles. The molecule has 27 heavy (non-hydrogen) atoms.